The Labute approximate surface area is 349 Å². The Balaban J connectivity index is 1.46. The monoisotopic (exact) mass is 820 g/mol. The Bertz CT molecular complexity index is 2620. The first-order chi connectivity index (χ1) is 28.6. The lowest BCUT2D eigenvalue weighted by Crippen LogP contribution is -2.44. The minimum atomic E-state index is -1.78. The zero-order valence-corrected chi connectivity index (χ0v) is 35.6. The zero-order chi connectivity index (χ0) is 43.0. The summed E-state index contributed by atoms with van der Waals surface area (Å²) < 4.78 is 24.5. The number of nitrogens with zero attached hydrogens (tertiary/aromatic N) is 3. The molecule has 1 amide bonds. The Hall–Kier alpha value is -5.66. The summed E-state index contributed by atoms with van der Waals surface area (Å²) in [5.74, 6) is -2.08. The molecule has 1 aromatic heterocycles. The van der Waals surface area contributed by atoms with Gasteiger partial charge in [0.25, 0.3) is 5.91 Å². The third-order valence-corrected chi connectivity index (χ3v) is 12.2. The molecule has 3 aromatic carbocycles. The van der Waals surface area contributed by atoms with Crippen LogP contribution in [-0.4, -0.2) is 78.7 Å². The van der Waals surface area contributed by atoms with Crippen molar-refractivity contribution in [2.24, 2.45) is 23.7 Å². The van der Waals surface area contributed by atoms with Crippen molar-refractivity contribution in [2.75, 3.05) is 57.2 Å². The van der Waals surface area contributed by atoms with Crippen molar-refractivity contribution in [3.05, 3.63) is 92.2 Å². The van der Waals surface area contributed by atoms with Crippen LogP contribution in [0.3, 0.4) is 0 Å². The number of piperazine rings is 1. The molecule has 8 rings (SSSR count). The van der Waals surface area contributed by atoms with Crippen molar-refractivity contribution in [1.29, 1.82) is 0 Å². The number of carbonyl (C=O) groups is 1. The maximum Gasteiger partial charge on any atom is 0.307 e. The number of methoxy groups -OCH3 is 1. The lowest BCUT2D eigenvalue weighted by Gasteiger charge is -2.33. The molecular formula is C47H56N4O9. The third-order valence-electron chi connectivity index (χ3n) is 12.2. The number of aromatic hydroxyl groups is 1. The number of aliphatic hydroxyl groups is 1. The first-order valence-corrected chi connectivity index (χ1v) is 20.7. The molecule has 13 heteroatoms. The third kappa shape index (κ3) is 8.12. The lowest BCUT2D eigenvalue weighted by molar-refractivity contribution is -0.112. The first-order valence-electron chi connectivity index (χ1n) is 20.7. The van der Waals surface area contributed by atoms with E-state index in [1.807, 2.05) is 31.4 Å². The molecule has 5 atom stereocenters. The van der Waals surface area contributed by atoms with Crippen molar-refractivity contribution in [3.63, 3.8) is 0 Å². The molecule has 0 spiro atoms. The molecule has 13 nitrogen and oxygen atoms in total. The molecule has 60 heavy (non-hydrogen) atoms. The van der Waals surface area contributed by atoms with Crippen LogP contribution in [0, 0.1) is 30.6 Å². The molecule has 3 N–H and O–H groups in total. The second-order valence-electron chi connectivity index (χ2n) is 17.0. The van der Waals surface area contributed by atoms with Crippen LogP contribution in [0.5, 0.6) is 11.5 Å². The summed E-state index contributed by atoms with van der Waals surface area (Å²) in [5, 5.41) is 26.4. The summed E-state index contributed by atoms with van der Waals surface area (Å²) in [6.45, 7) is 16.7. The van der Waals surface area contributed by atoms with Gasteiger partial charge in [0, 0.05) is 81.2 Å². The number of ether oxygens (including phenoxy) is 3. The van der Waals surface area contributed by atoms with Crippen LogP contribution in [0.2, 0.25) is 0 Å². The predicted octanol–water partition coefficient (Wildman–Crippen LogP) is 7.00. The minimum absolute atomic E-state index is 0.0151. The number of benzene rings is 3. The maximum atomic E-state index is 14.7. The van der Waals surface area contributed by atoms with Crippen molar-refractivity contribution in [1.82, 2.24) is 9.88 Å². The Kier molecular flexibility index (Phi) is 12.1. The number of allylic oxidation sites excluding steroid dienone is 5. The predicted molar refractivity (Wildman–Crippen MR) is 236 cm³/mol. The van der Waals surface area contributed by atoms with E-state index in [1.165, 1.54) is 19.3 Å². The van der Waals surface area contributed by atoms with Gasteiger partial charge in [0.1, 0.15) is 22.7 Å². The van der Waals surface area contributed by atoms with E-state index in [4.69, 9.17) is 23.6 Å². The molecule has 4 aliphatic heterocycles. The zero-order valence-electron chi connectivity index (χ0n) is 35.6. The first kappa shape index (κ1) is 42.5. The summed E-state index contributed by atoms with van der Waals surface area (Å²) >= 11 is 0. The largest absolute Gasteiger partial charge is 0.507 e. The molecule has 4 aromatic rings. The number of carbonyl (C=O) groups excluding carboxylic acids is 1. The van der Waals surface area contributed by atoms with Gasteiger partial charge in [-0.25, -0.2) is 4.98 Å². The smallest absolute Gasteiger partial charge is 0.307 e. The Morgan fingerprint density at radius 1 is 1.05 bits per heavy atom. The number of fused-ring (bicyclic) bond motifs is 14. The van der Waals surface area contributed by atoms with Gasteiger partial charge in [-0.15, -0.1) is 6.58 Å². The lowest BCUT2D eigenvalue weighted by atomic mass is 9.83. The highest BCUT2D eigenvalue weighted by Gasteiger charge is 2.43. The number of phenols is 1. The van der Waals surface area contributed by atoms with Crippen molar-refractivity contribution in [2.45, 2.75) is 66.1 Å². The quantitative estimate of drug-likeness (QED) is 0.110. The highest BCUT2D eigenvalue weighted by molar-refractivity contribution is 6.16. The molecule has 318 valence electrons. The van der Waals surface area contributed by atoms with Gasteiger partial charge in [0.15, 0.2) is 22.4 Å². The fourth-order valence-electron chi connectivity index (χ4n) is 8.80. The number of rotatable bonds is 4. The highest BCUT2D eigenvalue weighted by atomic mass is 16.7. The van der Waals surface area contributed by atoms with Gasteiger partial charge >= 0.3 is 5.79 Å². The highest BCUT2D eigenvalue weighted by Crippen LogP contribution is 2.42. The number of anilines is 2. The van der Waals surface area contributed by atoms with Crippen LogP contribution >= 0.6 is 0 Å². The van der Waals surface area contributed by atoms with Gasteiger partial charge in [-0.1, -0.05) is 38.2 Å². The minimum Gasteiger partial charge on any atom is -0.507 e. The molecule has 0 saturated carbocycles. The number of phenolic OH excluding ortho intramolecular Hbond substituents is 1. The van der Waals surface area contributed by atoms with Crippen LogP contribution < -0.4 is 31.0 Å². The van der Waals surface area contributed by atoms with Crippen LogP contribution in [0.4, 0.5) is 11.4 Å². The number of aromatic nitrogens is 1. The van der Waals surface area contributed by atoms with Gasteiger partial charge in [-0.05, 0) is 76.3 Å². The summed E-state index contributed by atoms with van der Waals surface area (Å²) in [5.41, 5.74) is -0.499. The summed E-state index contributed by atoms with van der Waals surface area (Å²) in [4.78, 5) is 51.6. The van der Waals surface area contributed by atoms with Gasteiger partial charge in [0.05, 0.1) is 16.9 Å². The SMILES string of the molecule is C=CC1CC(C)C=CC=C(C)C(=O)Nc2c(=O)c3c(O)c(C)c4c(c3c3nc5c(=O)cc(N6CCN(C)CC6)cc5oc23)=C(O)C(C)(OC=CCC(COC)CC(C)C1)O4. The second-order valence-corrected chi connectivity index (χ2v) is 17.0. The van der Waals surface area contributed by atoms with E-state index in [0.717, 1.165) is 32.4 Å². The molecule has 0 aliphatic carbocycles. The molecule has 0 radical (unpaired) electrons. The summed E-state index contributed by atoms with van der Waals surface area (Å²) in [7, 11) is 3.73. The molecule has 1 saturated heterocycles. The number of aliphatic hydroxyl groups excluding tert-OH is 1. The van der Waals surface area contributed by atoms with Gasteiger partial charge in [-0.2, -0.15) is 0 Å². The number of likely N-dealkylation sites (N-methyl/N-ethyl adjacent to an activating group) is 1. The molecule has 5 heterocycles. The van der Waals surface area contributed by atoms with E-state index in [0.29, 0.717) is 43.3 Å². The molecule has 5 unspecified atom stereocenters. The van der Waals surface area contributed by atoms with Crippen LogP contribution in [-0.2, 0) is 14.3 Å². The van der Waals surface area contributed by atoms with Crippen molar-refractivity contribution >= 4 is 56.0 Å². The number of nitrogens with one attached hydrogen (secondary N) is 1. The molecule has 1 fully saturated rings. The number of amides is 1. The average Bonchev–Trinajstić information content (AvgIpc) is 3.48. The van der Waals surface area contributed by atoms with E-state index < -0.39 is 28.3 Å². The maximum absolute atomic E-state index is 14.7. The van der Waals surface area contributed by atoms with Crippen LogP contribution in [0.1, 0.15) is 58.9 Å². The van der Waals surface area contributed by atoms with E-state index >= 15 is 0 Å². The van der Waals surface area contributed by atoms with E-state index in [9.17, 15) is 24.6 Å². The Morgan fingerprint density at radius 2 is 1.80 bits per heavy atom. The normalized spacial score (nSPS) is 24.9. The Morgan fingerprint density at radius 3 is 2.52 bits per heavy atom. The van der Waals surface area contributed by atoms with Gasteiger partial charge < -0.3 is 44.0 Å². The standard InChI is InChI=1S/C47H56N4O9/c1-9-30-20-26(2)12-10-13-28(4)46(56)49-40-42(54)36-35(39-44(40)59-34-24-32(23-33(52)38(34)48-39)51-17-15-50(7)16-18-51)37-43(29(5)41(36)53)60-47(6,45(37)55)58-19-11-14-31(25-57-8)22-27(3)21-30/h9-13,19,23-24,26-27,30-31,53,55H,1,14-18,20-22,25H2,2-8H3,(H,49,56). The average molecular weight is 821 g/mol. The number of hydrogen-bond acceptors (Lipinski definition) is 12. The summed E-state index contributed by atoms with van der Waals surface area (Å²) in [6.07, 6.45) is 14.3. The molecule has 5 bridgehead atoms. The number of hydrogen-bond donors (Lipinski definition) is 3. The fraction of sp³-hybridized carbons (Fsp3) is 0.447. The van der Waals surface area contributed by atoms with Crippen molar-refractivity contribution in [3.8, 4) is 11.5 Å². The van der Waals surface area contributed by atoms with Crippen LogP contribution in [0.25, 0.3) is 38.7 Å². The van der Waals surface area contributed by atoms with E-state index in [2.05, 4.69) is 35.5 Å². The summed E-state index contributed by atoms with van der Waals surface area (Å²) in [6, 6.07) is 3.21. The molecule has 4 aliphatic rings. The van der Waals surface area contributed by atoms with E-state index in [1.54, 1.807) is 33.1 Å². The van der Waals surface area contributed by atoms with E-state index in [-0.39, 0.29) is 78.7 Å². The van der Waals surface area contributed by atoms with Gasteiger partial charge in [-0.3, -0.25) is 14.4 Å². The molecular weight excluding hydrogens is 765 g/mol. The van der Waals surface area contributed by atoms with Crippen LogP contribution in [0.15, 0.2) is 74.9 Å². The fourth-order valence-corrected chi connectivity index (χ4v) is 8.80. The van der Waals surface area contributed by atoms with Crippen molar-refractivity contribution < 1.29 is 33.6 Å². The van der Waals surface area contributed by atoms with Gasteiger partial charge in [0.2, 0.25) is 10.9 Å². The second kappa shape index (κ2) is 17.1. The topological polar surface area (TPSA) is 164 Å².